The molecule has 5 aliphatic rings. The van der Waals surface area contributed by atoms with Crippen LogP contribution in [0.5, 0.6) is 0 Å². The summed E-state index contributed by atoms with van der Waals surface area (Å²) in [7, 11) is 0. The molecule has 10 heteroatoms. The van der Waals surface area contributed by atoms with Gasteiger partial charge in [-0.15, -0.1) is 0 Å². The van der Waals surface area contributed by atoms with E-state index in [9.17, 15) is 14.4 Å². The van der Waals surface area contributed by atoms with Gasteiger partial charge in [-0.05, 0) is 62.0 Å². The van der Waals surface area contributed by atoms with Crippen LogP contribution in [0.2, 0.25) is 0 Å². The van der Waals surface area contributed by atoms with E-state index in [-0.39, 0.29) is 24.1 Å². The van der Waals surface area contributed by atoms with Gasteiger partial charge in [0.15, 0.2) is 0 Å². The molecule has 39 heavy (non-hydrogen) atoms. The summed E-state index contributed by atoms with van der Waals surface area (Å²) in [5.74, 6) is 0.0836. The van der Waals surface area contributed by atoms with Crippen LogP contribution in [0, 0.1) is 5.92 Å². The number of hydrogen-bond donors (Lipinski definition) is 2. The summed E-state index contributed by atoms with van der Waals surface area (Å²) in [6, 6.07) is 5.54. The summed E-state index contributed by atoms with van der Waals surface area (Å²) >= 11 is 0. The number of carbonyl (C=O) groups is 3. The maximum absolute atomic E-state index is 13.0. The molecule has 1 unspecified atom stereocenters. The number of anilines is 1. The lowest BCUT2D eigenvalue weighted by Gasteiger charge is -2.40. The fourth-order valence-electron chi connectivity index (χ4n) is 6.92. The first kappa shape index (κ1) is 26.7. The van der Waals surface area contributed by atoms with Crippen LogP contribution in [-0.4, -0.2) is 128 Å². The minimum Gasteiger partial charge on any atom is -0.369 e. The molecule has 2 N–H and O–H groups in total. The van der Waals surface area contributed by atoms with Crippen molar-refractivity contribution < 1.29 is 14.4 Å². The van der Waals surface area contributed by atoms with Crippen molar-refractivity contribution in [3.05, 3.63) is 29.3 Å². The van der Waals surface area contributed by atoms with Crippen molar-refractivity contribution in [2.75, 3.05) is 90.0 Å². The van der Waals surface area contributed by atoms with Gasteiger partial charge in [-0.1, -0.05) is 0 Å². The van der Waals surface area contributed by atoms with Crippen molar-refractivity contribution in [1.29, 1.82) is 0 Å². The van der Waals surface area contributed by atoms with Crippen LogP contribution < -0.4 is 15.5 Å². The van der Waals surface area contributed by atoms with Crippen LogP contribution in [0.15, 0.2) is 18.2 Å². The Morgan fingerprint density at radius 3 is 2.23 bits per heavy atom. The number of amides is 3. The summed E-state index contributed by atoms with van der Waals surface area (Å²) in [5.41, 5.74) is 2.82. The number of nitrogens with one attached hydrogen (secondary N) is 2. The summed E-state index contributed by atoms with van der Waals surface area (Å²) < 4.78 is 0. The number of hydrogen-bond acceptors (Lipinski definition) is 8. The molecule has 3 amide bonds. The molecule has 10 nitrogen and oxygen atoms in total. The monoisotopic (exact) mass is 537 g/mol. The van der Waals surface area contributed by atoms with Gasteiger partial charge in [0, 0.05) is 96.2 Å². The third-order valence-corrected chi connectivity index (χ3v) is 9.41. The second-order valence-corrected chi connectivity index (χ2v) is 11.9. The van der Waals surface area contributed by atoms with Crippen molar-refractivity contribution >= 4 is 23.4 Å². The molecule has 1 aromatic rings. The Kier molecular flexibility index (Phi) is 8.15. The largest absolute Gasteiger partial charge is 0.369 e. The van der Waals surface area contributed by atoms with Gasteiger partial charge in [-0.25, -0.2) is 0 Å². The number of nitrogens with zero attached hydrogens (tertiary/aromatic N) is 5. The van der Waals surface area contributed by atoms with Crippen molar-refractivity contribution in [3.8, 4) is 0 Å². The standard InChI is InChI=1S/C29H43N7O3/c37-27-4-3-26(28(38)31-27)36-21-23-19-24(1-2-25(23)29(36)39)35-17-15-34(16-18-35)20-22-5-9-32(10-6-22)13-14-33-11-7-30-8-12-33/h1-2,19,22,26,30H,3-18,20-21H2,(H,31,37,38). The van der Waals surface area contributed by atoms with Gasteiger partial charge in [-0.3, -0.25) is 29.5 Å². The summed E-state index contributed by atoms with van der Waals surface area (Å²) in [6.45, 7) is 15.3. The maximum Gasteiger partial charge on any atom is 0.255 e. The molecule has 0 spiro atoms. The molecule has 0 saturated carbocycles. The molecule has 4 saturated heterocycles. The topological polar surface area (TPSA) is 91.5 Å². The Labute approximate surface area is 231 Å². The van der Waals surface area contributed by atoms with Crippen LogP contribution >= 0.6 is 0 Å². The normalized spacial score (nSPS) is 26.3. The highest BCUT2D eigenvalue weighted by Gasteiger charge is 2.39. The molecule has 1 aromatic carbocycles. The molecule has 4 fully saturated rings. The second-order valence-electron chi connectivity index (χ2n) is 11.9. The summed E-state index contributed by atoms with van der Waals surface area (Å²) in [5, 5.41) is 5.82. The van der Waals surface area contributed by atoms with Gasteiger partial charge < -0.3 is 20.0 Å². The van der Waals surface area contributed by atoms with E-state index in [2.05, 4.69) is 42.4 Å². The number of piperazine rings is 2. The zero-order valence-electron chi connectivity index (χ0n) is 23.1. The smallest absolute Gasteiger partial charge is 0.255 e. The third kappa shape index (κ3) is 6.14. The van der Waals surface area contributed by atoms with Crippen LogP contribution in [0.4, 0.5) is 5.69 Å². The molecular formula is C29H43N7O3. The number of piperidine rings is 2. The van der Waals surface area contributed by atoms with Gasteiger partial charge in [0.2, 0.25) is 11.8 Å². The fraction of sp³-hybridized carbons (Fsp3) is 0.690. The molecule has 1 atom stereocenters. The molecule has 6 rings (SSSR count). The quantitative estimate of drug-likeness (QED) is 0.477. The van der Waals surface area contributed by atoms with Crippen LogP contribution in [0.25, 0.3) is 0 Å². The van der Waals surface area contributed by atoms with Crippen LogP contribution in [-0.2, 0) is 16.1 Å². The van der Waals surface area contributed by atoms with Crippen LogP contribution in [0.1, 0.15) is 41.6 Å². The average Bonchev–Trinajstić information content (AvgIpc) is 3.29. The molecule has 0 aromatic heterocycles. The minimum absolute atomic E-state index is 0.106. The first-order valence-electron chi connectivity index (χ1n) is 14.9. The second kappa shape index (κ2) is 11.9. The average molecular weight is 538 g/mol. The summed E-state index contributed by atoms with van der Waals surface area (Å²) in [6.07, 6.45) is 3.30. The Bertz CT molecular complexity index is 1060. The van der Waals surface area contributed by atoms with E-state index < -0.39 is 6.04 Å². The predicted molar refractivity (Wildman–Crippen MR) is 150 cm³/mol. The molecular weight excluding hydrogens is 494 g/mol. The Hall–Kier alpha value is -2.53. The van der Waals surface area contributed by atoms with Crippen molar-refractivity contribution in [3.63, 3.8) is 0 Å². The van der Waals surface area contributed by atoms with Crippen LogP contribution in [0.3, 0.4) is 0 Å². The fourth-order valence-corrected chi connectivity index (χ4v) is 6.92. The molecule has 0 aliphatic carbocycles. The SMILES string of the molecule is O=C1CCC(N2Cc3cc(N4CCN(CC5CCN(CCN6CCNCC6)CC5)CC4)ccc3C2=O)C(=O)N1. The van der Waals surface area contributed by atoms with Gasteiger partial charge in [0.25, 0.3) is 5.91 Å². The highest BCUT2D eigenvalue weighted by atomic mass is 16.2. The maximum atomic E-state index is 13.0. The highest BCUT2D eigenvalue weighted by molar-refractivity contribution is 6.05. The molecule has 0 bridgehead atoms. The molecule has 212 valence electrons. The third-order valence-electron chi connectivity index (χ3n) is 9.41. The first-order valence-corrected chi connectivity index (χ1v) is 14.9. The lowest BCUT2D eigenvalue weighted by molar-refractivity contribution is -0.136. The Morgan fingerprint density at radius 1 is 0.795 bits per heavy atom. The van der Waals surface area contributed by atoms with Crippen molar-refractivity contribution in [2.24, 2.45) is 5.92 Å². The van der Waals surface area contributed by atoms with E-state index in [0.29, 0.717) is 18.5 Å². The van der Waals surface area contributed by atoms with Crippen molar-refractivity contribution in [1.82, 2.24) is 30.2 Å². The summed E-state index contributed by atoms with van der Waals surface area (Å²) in [4.78, 5) is 48.8. The van der Waals surface area contributed by atoms with E-state index in [1.54, 1.807) is 4.90 Å². The van der Waals surface area contributed by atoms with Gasteiger partial charge in [-0.2, -0.15) is 0 Å². The van der Waals surface area contributed by atoms with E-state index in [4.69, 9.17) is 0 Å². The first-order chi connectivity index (χ1) is 19.0. The van der Waals surface area contributed by atoms with E-state index in [1.165, 1.54) is 58.7 Å². The molecule has 5 aliphatic heterocycles. The van der Waals surface area contributed by atoms with Gasteiger partial charge in [0.1, 0.15) is 6.04 Å². The number of imide groups is 1. The predicted octanol–water partition coefficient (Wildman–Crippen LogP) is 0.187. The van der Waals surface area contributed by atoms with E-state index in [1.807, 2.05) is 6.07 Å². The highest BCUT2D eigenvalue weighted by Crippen LogP contribution is 2.31. The number of likely N-dealkylation sites (tertiary alicyclic amines) is 1. The lowest BCUT2D eigenvalue weighted by Crippen LogP contribution is -2.52. The zero-order valence-corrected chi connectivity index (χ0v) is 23.1. The van der Waals surface area contributed by atoms with E-state index in [0.717, 1.165) is 56.4 Å². The van der Waals surface area contributed by atoms with Gasteiger partial charge >= 0.3 is 0 Å². The lowest BCUT2D eigenvalue weighted by atomic mass is 9.96. The number of fused-ring (bicyclic) bond motifs is 1. The Morgan fingerprint density at radius 2 is 1.51 bits per heavy atom. The zero-order chi connectivity index (χ0) is 26.8. The molecule has 0 radical (unpaired) electrons. The van der Waals surface area contributed by atoms with Crippen molar-refractivity contribution in [2.45, 2.75) is 38.3 Å². The van der Waals surface area contributed by atoms with E-state index >= 15 is 0 Å². The number of benzene rings is 1. The molecule has 5 heterocycles. The van der Waals surface area contributed by atoms with Gasteiger partial charge in [0.05, 0.1) is 0 Å². The Balaban J connectivity index is 0.946. The number of rotatable bonds is 7. The number of carbonyl (C=O) groups excluding carboxylic acids is 3. The minimum atomic E-state index is -0.561.